The van der Waals surface area contributed by atoms with Crippen molar-refractivity contribution in [1.82, 2.24) is 10.2 Å². The molecule has 0 saturated heterocycles. The molecular formula is C25H34BrN3O6S. The van der Waals surface area contributed by atoms with E-state index in [9.17, 15) is 18.0 Å². The molecule has 2 aromatic carbocycles. The topological polar surface area (TPSA) is 105 Å². The Hall–Kier alpha value is -2.79. The van der Waals surface area contributed by atoms with Crippen molar-refractivity contribution in [2.24, 2.45) is 5.92 Å². The van der Waals surface area contributed by atoms with Crippen LogP contribution in [0.4, 0.5) is 5.69 Å². The number of benzene rings is 2. The van der Waals surface area contributed by atoms with Crippen molar-refractivity contribution < 1.29 is 27.5 Å². The van der Waals surface area contributed by atoms with Crippen LogP contribution >= 0.6 is 15.9 Å². The van der Waals surface area contributed by atoms with E-state index in [0.717, 1.165) is 20.6 Å². The summed E-state index contributed by atoms with van der Waals surface area (Å²) in [6.07, 6.45) is 1.01. The van der Waals surface area contributed by atoms with Gasteiger partial charge in [0.05, 0.1) is 26.2 Å². The van der Waals surface area contributed by atoms with Gasteiger partial charge in [-0.25, -0.2) is 8.42 Å². The van der Waals surface area contributed by atoms with E-state index in [-0.39, 0.29) is 29.8 Å². The van der Waals surface area contributed by atoms with Crippen LogP contribution in [0.3, 0.4) is 0 Å². The van der Waals surface area contributed by atoms with Crippen molar-refractivity contribution in [2.75, 3.05) is 37.9 Å². The van der Waals surface area contributed by atoms with Crippen LogP contribution < -0.4 is 19.1 Å². The number of amides is 2. The van der Waals surface area contributed by atoms with Crippen LogP contribution in [0, 0.1) is 5.92 Å². The first-order chi connectivity index (χ1) is 16.9. The summed E-state index contributed by atoms with van der Waals surface area (Å²) in [5.41, 5.74) is 0.952. The number of carbonyl (C=O) groups excluding carboxylic acids is 2. The lowest BCUT2D eigenvalue weighted by atomic mass is 10.1. The molecule has 0 saturated carbocycles. The van der Waals surface area contributed by atoms with Crippen molar-refractivity contribution in [2.45, 2.75) is 33.4 Å². The Kier molecular flexibility index (Phi) is 10.6. The highest BCUT2D eigenvalue weighted by atomic mass is 79.9. The lowest BCUT2D eigenvalue weighted by molar-refractivity contribution is -0.139. The normalized spacial score (nSPS) is 12.1. The fraction of sp³-hybridized carbons (Fsp3) is 0.440. The number of rotatable bonds is 12. The number of anilines is 1. The van der Waals surface area contributed by atoms with E-state index >= 15 is 0 Å². The van der Waals surface area contributed by atoms with E-state index in [1.54, 1.807) is 19.1 Å². The van der Waals surface area contributed by atoms with Gasteiger partial charge in [0.15, 0.2) is 0 Å². The third-order valence-electron chi connectivity index (χ3n) is 5.45. The fourth-order valence-corrected chi connectivity index (χ4v) is 4.52. The number of carbonyl (C=O) groups is 2. The molecule has 0 radical (unpaired) electrons. The Balaban J connectivity index is 2.45. The number of methoxy groups -OCH3 is 2. The molecule has 1 atom stereocenters. The maximum Gasteiger partial charge on any atom is 0.244 e. The molecule has 0 aliphatic heterocycles. The molecule has 2 aromatic rings. The molecule has 0 aliphatic carbocycles. The average Bonchev–Trinajstić information content (AvgIpc) is 2.83. The second-order valence-corrected chi connectivity index (χ2v) is 11.6. The van der Waals surface area contributed by atoms with Gasteiger partial charge in [0.25, 0.3) is 0 Å². The van der Waals surface area contributed by atoms with Crippen LogP contribution in [0.25, 0.3) is 0 Å². The first kappa shape index (κ1) is 29.4. The largest absolute Gasteiger partial charge is 0.497 e. The number of hydrogen-bond acceptors (Lipinski definition) is 6. The average molecular weight is 585 g/mol. The summed E-state index contributed by atoms with van der Waals surface area (Å²) in [6.45, 7) is 5.63. The molecule has 9 nitrogen and oxygen atoms in total. The van der Waals surface area contributed by atoms with Gasteiger partial charge in [-0.3, -0.25) is 13.9 Å². The van der Waals surface area contributed by atoms with Gasteiger partial charge in [0.1, 0.15) is 24.1 Å². The van der Waals surface area contributed by atoms with Gasteiger partial charge in [-0.15, -0.1) is 0 Å². The van der Waals surface area contributed by atoms with E-state index in [2.05, 4.69) is 21.2 Å². The zero-order valence-electron chi connectivity index (χ0n) is 21.4. The fourth-order valence-electron chi connectivity index (χ4n) is 3.41. The van der Waals surface area contributed by atoms with E-state index in [0.29, 0.717) is 12.3 Å². The monoisotopic (exact) mass is 583 g/mol. The second kappa shape index (κ2) is 13.0. The minimum absolute atomic E-state index is 0.120. The van der Waals surface area contributed by atoms with Crippen molar-refractivity contribution in [3.05, 3.63) is 52.5 Å². The van der Waals surface area contributed by atoms with Gasteiger partial charge in [-0.1, -0.05) is 41.9 Å². The number of nitrogens with one attached hydrogen (secondary N) is 1. The first-order valence-corrected chi connectivity index (χ1v) is 14.0. The molecule has 2 amide bonds. The van der Waals surface area contributed by atoms with Crippen molar-refractivity contribution >= 4 is 43.5 Å². The number of hydrogen-bond donors (Lipinski definition) is 1. The Morgan fingerprint density at radius 1 is 1.03 bits per heavy atom. The standard InChI is InChI=1S/C25H34BrN3O6S/c1-17(2)14-27-25(31)18(3)28(15-19-7-9-20(26)10-8-19)24(30)16-29(36(6,32)33)22-13-21(34-4)11-12-23(22)35-5/h7-13,17-18H,14-16H2,1-6H3,(H,27,31). The van der Waals surface area contributed by atoms with Crippen molar-refractivity contribution in [1.29, 1.82) is 0 Å². The summed E-state index contributed by atoms with van der Waals surface area (Å²) >= 11 is 3.39. The minimum atomic E-state index is -3.91. The van der Waals surface area contributed by atoms with Crippen LogP contribution in [0.15, 0.2) is 46.9 Å². The highest BCUT2D eigenvalue weighted by molar-refractivity contribution is 9.10. The summed E-state index contributed by atoms with van der Waals surface area (Å²) in [4.78, 5) is 27.9. The van der Waals surface area contributed by atoms with Crippen molar-refractivity contribution in [3.8, 4) is 11.5 Å². The first-order valence-electron chi connectivity index (χ1n) is 11.4. The lowest BCUT2D eigenvalue weighted by Crippen LogP contribution is -2.51. The van der Waals surface area contributed by atoms with Gasteiger partial charge in [0, 0.05) is 23.6 Å². The maximum atomic E-state index is 13.6. The Labute approximate surface area is 221 Å². The summed E-state index contributed by atoms with van der Waals surface area (Å²) in [5.74, 6) is 0.0359. The molecule has 0 heterocycles. The lowest BCUT2D eigenvalue weighted by Gasteiger charge is -2.32. The highest BCUT2D eigenvalue weighted by Crippen LogP contribution is 2.34. The van der Waals surface area contributed by atoms with E-state index in [1.807, 2.05) is 38.1 Å². The predicted molar refractivity (Wildman–Crippen MR) is 144 cm³/mol. The molecule has 0 aliphatic rings. The Morgan fingerprint density at radius 2 is 1.67 bits per heavy atom. The number of halogens is 1. The summed E-state index contributed by atoms with van der Waals surface area (Å²) in [7, 11) is -1.04. The molecule has 0 spiro atoms. The summed E-state index contributed by atoms with van der Waals surface area (Å²) in [5, 5.41) is 2.85. The molecule has 11 heteroatoms. The number of nitrogens with zero attached hydrogens (tertiary/aromatic N) is 2. The zero-order chi connectivity index (χ0) is 27.0. The van der Waals surface area contributed by atoms with Crippen LogP contribution in [0.5, 0.6) is 11.5 Å². The predicted octanol–water partition coefficient (Wildman–Crippen LogP) is 3.42. The minimum Gasteiger partial charge on any atom is -0.497 e. The van der Waals surface area contributed by atoms with Gasteiger partial charge in [0.2, 0.25) is 21.8 Å². The molecule has 1 N–H and O–H groups in total. The van der Waals surface area contributed by atoms with E-state index in [1.165, 1.54) is 25.2 Å². The molecule has 36 heavy (non-hydrogen) atoms. The smallest absolute Gasteiger partial charge is 0.244 e. The Bertz CT molecular complexity index is 1150. The quantitative estimate of drug-likeness (QED) is 0.410. The van der Waals surface area contributed by atoms with Gasteiger partial charge >= 0.3 is 0 Å². The Morgan fingerprint density at radius 3 is 2.19 bits per heavy atom. The van der Waals surface area contributed by atoms with Gasteiger partial charge in [-0.05, 0) is 42.7 Å². The zero-order valence-corrected chi connectivity index (χ0v) is 23.9. The van der Waals surface area contributed by atoms with Gasteiger partial charge < -0.3 is 19.7 Å². The van der Waals surface area contributed by atoms with Crippen LogP contribution in [0.1, 0.15) is 26.3 Å². The third-order valence-corrected chi connectivity index (χ3v) is 7.11. The molecule has 1 unspecified atom stereocenters. The summed E-state index contributed by atoms with van der Waals surface area (Å²) in [6, 6.07) is 11.2. The second-order valence-electron chi connectivity index (χ2n) is 8.77. The van der Waals surface area contributed by atoms with E-state index in [4.69, 9.17) is 9.47 Å². The number of sulfonamides is 1. The molecule has 198 valence electrons. The van der Waals surface area contributed by atoms with Gasteiger partial charge in [-0.2, -0.15) is 0 Å². The molecule has 0 fully saturated rings. The van der Waals surface area contributed by atoms with Crippen LogP contribution in [-0.2, 0) is 26.2 Å². The molecular weight excluding hydrogens is 550 g/mol. The van der Waals surface area contributed by atoms with Crippen molar-refractivity contribution in [3.63, 3.8) is 0 Å². The van der Waals surface area contributed by atoms with E-state index < -0.39 is 28.5 Å². The van der Waals surface area contributed by atoms with Crippen LogP contribution in [0.2, 0.25) is 0 Å². The molecule has 0 bridgehead atoms. The highest BCUT2D eigenvalue weighted by Gasteiger charge is 2.31. The SMILES string of the molecule is COc1ccc(OC)c(N(CC(=O)N(Cc2ccc(Br)cc2)C(C)C(=O)NCC(C)C)S(C)(=O)=O)c1. The molecule has 2 rings (SSSR count). The summed E-state index contributed by atoms with van der Waals surface area (Å²) < 4.78 is 38.1. The maximum absolute atomic E-state index is 13.6. The molecule has 0 aromatic heterocycles. The number of ether oxygens (including phenoxy) is 2. The van der Waals surface area contributed by atoms with Crippen LogP contribution in [-0.4, -0.2) is 64.7 Å². The third kappa shape index (κ3) is 8.12.